The molecule has 2 N–H and O–H groups in total. The summed E-state index contributed by atoms with van der Waals surface area (Å²) in [5.41, 5.74) is -0.240. The summed E-state index contributed by atoms with van der Waals surface area (Å²) in [5, 5.41) is 11.2. The summed E-state index contributed by atoms with van der Waals surface area (Å²) in [6, 6.07) is 5.25. The number of alkyl halides is 3. The second kappa shape index (κ2) is 5.19. The Balaban J connectivity index is 2.78. The minimum absolute atomic E-state index is 0.240. The molecule has 0 saturated heterocycles. The molecule has 7 heteroatoms. The van der Waals surface area contributed by atoms with Crippen LogP contribution >= 0.6 is 34.8 Å². The van der Waals surface area contributed by atoms with Crippen molar-refractivity contribution < 1.29 is 14.3 Å². The molecule has 1 rings (SSSR count). The molecule has 0 aromatic heterocycles. The van der Waals surface area contributed by atoms with Gasteiger partial charge in [-0.3, -0.25) is 4.79 Å². The van der Waals surface area contributed by atoms with Crippen molar-refractivity contribution in [2.75, 3.05) is 0 Å². The molecule has 0 unspecified atom stereocenters. The minimum Gasteiger partial charge on any atom is -0.369 e. The molecule has 1 aromatic carbocycles. The first-order valence-corrected chi connectivity index (χ1v) is 5.26. The lowest BCUT2D eigenvalue weighted by Crippen LogP contribution is -2.43. The molecule has 0 radical (unpaired) electrons. The summed E-state index contributed by atoms with van der Waals surface area (Å²) < 4.78 is 11.1. The van der Waals surface area contributed by atoms with Gasteiger partial charge in [-0.1, -0.05) is 46.9 Å². The fraction of sp³-hybridized carbons (Fsp3) is 0.222. The van der Waals surface area contributed by atoms with E-state index in [9.17, 15) is 14.3 Å². The van der Waals surface area contributed by atoms with E-state index in [-0.39, 0.29) is 5.56 Å². The van der Waals surface area contributed by atoms with Crippen LogP contribution in [0.15, 0.2) is 24.3 Å². The lowest BCUT2D eigenvalue weighted by atomic mass is 10.2. The first-order chi connectivity index (χ1) is 7.32. The van der Waals surface area contributed by atoms with Crippen LogP contribution in [0, 0.1) is 5.82 Å². The Hall–Kier alpha value is -0.550. The van der Waals surface area contributed by atoms with Gasteiger partial charge in [-0.05, 0) is 12.1 Å². The van der Waals surface area contributed by atoms with E-state index in [0.717, 1.165) is 6.07 Å². The smallest absolute Gasteiger partial charge is 0.256 e. The molecule has 0 saturated carbocycles. The minimum atomic E-state index is -2.07. The number of hydrogen-bond acceptors (Lipinski definition) is 2. The van der Waals surface area contributed by atoms with Gasteiger partial charge >= 0.3 is 0 Å². The van der Waals surface area contributed by atoms with Gasteiger partial charge in [0.15, 0.2) is 6.23 Å². The summed E-state index contributed by atoms with van der Waals surface area (Å²) in [6.45, 7) is 0. The van der Waals surface area contributed by atoms with Crippen LogP contribution < -0.4 is 5.32 Å². The van der Waals surface area contributed by atoms with E-state index in [0.29, 0.717) is 0 Å². The summed E-state index contributed by atoms with van der Waals surface area (Å²) in [7, 11) is 0. The van der Waals surface area contributed by atoms with Gasteiger partial charge in [-0.15, -0.1) is 0 Å². The predicted molar refractivity (Wildman–Crippen MR) is 60.2 cm³/mol. The molecule has 1 aromatic rings. The topological polar surface area (TPSA) is 49.3 Å². The van der Waals surface area contributed by atoms with E-state index in [4.69, 9.17) is 34.8 Å². The van der Waals surface area contributed by atoms with E-state index in [1.165, 1.54) is 18.2 Å². The fourth-order valence-electron chi connectivity index (χ4n) is 0.929. The molecule has 3 nitrogen and oxygen atoms in total. The lowest BCUT2D eigenvalue weighted by Gasteiger charge is -2.19. The zero-order valence-electron chi connectivity index (χ0n) is 7.75. The number of benzene rings is 1. The number of carbonyl (C=O) groups excluding carboxylic acids is 1. The maximum absolute atomic E-state index is 13.1. The Morgan fingerprint density at radius 3 is 2.44 bits per heavy atom. The number of hydrogen-bond donors (Lipinski definition) is 2. The van der Waals surface area contributed by atoms with Crippen molar-refractivity contribution in [2.45, 2.75) is 10.0 Å². The first-order valence-electron chi connectivity index (χ1n) is 4.12. The van der Waals surface area contributed by atoms with Crippen LogP contribution in [0.3, 0.4) is 0 Å². The Labute approximate surface area is 106 Å². The third-order valence-corrected chi connectivity index (χ3v) is 2.32. The Bertz CT molecular complexity index is 395. The highest BCUT2D eigenvalue weighted by Crippen LogP contribution is 2.29. The number of nitrogens with one attached hydrogen (secondary N) is 1. The largest absolute Gasteiger partial charge is 0.369 e. The lowest BCUT2D eigenvalue weighted by molar-refractivity contribution is 0.0788. The van der Waals surface area contributed by atoms with Crippen LogP contribution in [-0.4, -0.2) is 21.0 Å². The highest BCUT2D eigenvalue weighted by atomic mass is 35.6. The van der Waals surface area contributed by atoms with Crippen molar-refractivity contribution in [3.63, 3.8) is 0 Å². The zero-order valence-corrected chi connectivity index (χ0v) is 10.0. The van der Waals surface area contributed by atoms with Gasteiger partial charge in [0.05, 0.1) is 5.56 Å². The Morgan fingerprint density at radius 1 is 1.38 bits per heavy atom. The standard InChI is InChI=1S/C9H7Cl3FNO2/c10-9(11,12)8(16)14-7(15)5-3-1-2-4-6(5)13/h1-4,8,16H,(H,14,15)/t8-/m0/s1. The van der Waals surface area contributed by atoms with E-state index < -0.39 is 21.7 Å². The van der Waals surface area contributed by atoms with Crippen molar-refractivity contribution in [2.24, 2.45) is 0 Å². The van der Waals surface area contributed by atoms with Crippen molar-refractivity contribution in [1.82, 2.24) is 5.32 Å². The van der Waals surface area contributed by atoms with Gasteiger partial charge in [-0.2, -0.15) is 0 Å². The van der Waals surface area contributed by atoms with Crippen LogP contribution in [-0.2, 0) is 0 Å². The third-order valence-electron chi connectivity index (χ3n) is 1.70. The number of carbonyl (C=O) groups is 1. The number of aliphatic hydroxyl groups is 1. The van der Waals surface area contributed by atoms with E-state index in [1.807, 2.05) is 5.32 Å². The third kappa shape index (κ3) is 3.49. The Morgan fingerprint density at radius 2 is 1.94 bits per heavy atom. The highest BCUT2D eigenvalue weighted by Gasteiger charge is 2.32. The molecule has 0 spiro atoms. The maximum Gasteiger partial charge on any atom is 0.256 e. The van der Waals surface area contributed by atoms with Gasteiger partial charge in [0.25, 0.3) is 5.91 Å². The molecular formula is C9H7Cl3FNO2. The average Bonchev–Trinajstić information content (AvgIpc) is 2.16. The van der Waals surface area contributed by atoms with Gasteiger partial charge in [0.1, 0.15) is 5.82 Å². The number of amides is 1. The normalized spacial score (nSPS) is 13.3. The van der Waals surface area contributed by atoms with Gasteiger partial charge in [0, 0.05) is 0 Å². The quantitative estimate of drug-likeness (QED) is 0.647. The SMILES string of the molecule is O=C(N[C@@H](O)C(Cl)(Cl)Cl)c1ccccc1F. The van der Waals surface area contributed by atoms with E-state index >= 15 is 0 Å². The molecule has 16 heavy (non-hydrogen) atoms. The first kappa shape index (κ1) is 13.5. The molecule has 0 heterocycles. The Kier molecular flexibility index (Phi) is 4.38. The summed E-state index contributed by atoms with van der Waals surface area (Å²) >= 11 is 16.0. The molecule has 1 atom stereocenters. The second-order valence-electron chi connectivity index (χ2n) is 2.90. The monoisotopic (exact) mass is 285 g/mol. The summed E-state index contributed by atoms with van der Waals surface area (Å²) in [4.78, 5) is 11.4. The molecule has 0 aliphatic heterocycles. The van der Waals surface area contributed by atoms with Gasteiger partial charge in [0.2, 0.25) is 3.79 Å². The molecule has 0 aliphatic rings. The van der Waals surface area contributed by atoms with E-state index in [1.54, 1.807) is 0 Å². The zero-order chi connectivity index (χ0) is 12.3. The van der Waals surface area contributed by atoms with Crippen LogP contribution in [0.1, 0.15) is 10.4 Å². The number of aliphatic hydroxyl groups excluding tert-OH is 1. The summed E-state index contributed by atoms with van der Waals surface area (Å²) in [6.07, 6.45) is -1.72. The van der Waals surface area contributed by atoms with Crippen LogP contribution in [0.4, 0.5) is 4.39 Å². The summed E-state index contributed by atoms with van der Waals surface area (Å²) in [5.74, 6) is -1.59. The molecule has 0 aliphatic carbocycles. The van der Waals surface area contributed by atoms with Crippen molar-refractivity contribution in [3.05, 3.63) is 35.6 Å². The molecule has 1 amide bonds. The molecule has 88 valence electrons. The molecular weight excluding hydrogens is 279 g/mol. The van der Waals surface area contributed by atoms with Gasteiger partial charge in [-0.25, -0.2) is 4.39 Å². The average molecular weight is 287 g/mol. The van der Waals surface area contributed by atoms with Crippen molar-refractivity contribution in [3.8, 4) is 0 Å². The fourth-order valence-corrected chi connectivity index (χ4v) is 1.09. The van der Waals surface area contributed by atoms with Gasteiger partial charge < -0.3 is 10.4 Å². The second-order valence-corrected chi connectivity index (χ2v) is 5.27. The van der Waals surface area contributed by atoms with Crippen molar-refractivity contribution in [1.29, 1.82) is 0 Å². The predicted octanol–water partition coefficient (Wildman–Crippen LogP) is 2.24. The van der Waals surface area contributed by atoms with Crippen LogP contribution in [0.25, 0.3) is 0 Å². The maximum atomic E-state index is 13.1. The highest BCUT2D eigenvalue weighted by molar-refractivity contribution is 6.68. The number of halogens is 4. The van der Waals surface area contributed by atoms with Crippen LogP contribution in [0.5, 0.6) is 0 Å². The molecule has 0 bridgehead atoms. The van der Waals surface area contributed by atoms with E-state index in [2.05, 4.69) is 0 Å². The molecule has 0 fully saturated rings. The number of rotatable bonds is 2. The van der Waals surface area contributed by atoms with Crippen molar-refractivity contribution >= 4 is 40.7 Å². The van der Waals surface area contributed by atoms with Crippen LogP contribution in [0.2, 0.25) is 0 Å².